The molecule has 0 saturated carbocycles. The predicted molar refractivity (Wildman–Crippen MR) is 101 cm³/mol. The minimum atomic E-state index is -4.49. The summed E-state index contributed by atoms with van der Waals surface area (Å²) in [6, 6.07) is 13.0. The molecule has 0 atom stereocenters. The zero-order chi connectivity index (χ0) is 20.4. The van der Waals surface area contributed by atoms with Gasteiger partial charge in [-0.05, 0) is 42.5 Å². The van der Waals surface area contributed by atoms with E-state index in [4.69, 9.17) is 0 Å². The Hall–Kier alpha value is -3.36. The number of piperazine rings is 1. The van der Waals surface area contributed by atoms with Crippen molar-refractivity contribution in [1.29, 1.82) is 0 Å². The Morgan fingerprint density at radius 1 is 0.931 bits per heavy atom. The number of benzene rings is 1. The molecule has 1 saturated heterocycles. The number of rotatable bonds is 3. The summed E-state index contributed by atoms with van der Waals surface area (Å²) in [6.45, 7) is 2.53. The Balaban J connectivity index is 1.40. The molecule has 0 radical (unpaired) electrons. The van der Waals surface area contributed by atoms with Crippen molar-refractivity contribution in [3.05, 3.63) is 72.2 Å². The normalized spacial score (nSPS) is 14.9. The summed E-state index contributed by atoms with van der Waals surface area (Å²) < 4.78 is 39.2. The molecule has 1 fully saturated rings. The van der Waals surface area contributed by atoms with Gasteiger partial charge in [-0.2, -0.15) is 18.3 Å². The van der Waals surface area contributed by atoms with Crippen molar-refractivity contribution in [3.8, 4) is 5.69 Å². The molecule has 0 aliphatic carbocycles. The zero-order valence-electron chi connectivity index (χ0n) is 15.4. The van der Waals surface area contributed by atoms with E-state index in [1.165, 1.54) is 6.20 Å². The number of carbonyl (C=O) groups excluding carboxylic acids is 1. The standard InChI is InChI=1S/C20H18F3N5O/c21-20(22,23)17-8-10-28(25-17)16-6-4-15(5-7-16)19(29)27-13-11-26(12-14-27)18-3-1-2-9-24-18/h1-10H,11-14H2. The van der Waals surface area contributed by atoms with E-state index in [0.717, 1.165) is 16.6 Å². The zero-order valence-corrected chi connectivity index (χ0v) is 15.4. The molecule has 2 aromatic heterocycles. The molecule has 150 valence electrons. The van der Waals surface area contributed by atoms with Crippen molar-refractivity contribution >= 4 is 11.7 Å². The number of nitrogens with zero attached hydrogens (tertiary/aromatic N) is 5. The molecule has 0 spiro atoms. The molecule has 0 unspecified atom stereocenters. The summed E-state index contributed by atoms with van der Waals surface area (Å²) >= 11 is 0. The Bertz CT molecular complexity index is 977. The molecule has 3 aromatic rings. The maximum absolute atomic E-state index is 12.7. The molecule has 29 heavy (non-hydrogen) atoms. The Morgan fingerprint density at radius 2 is 1.66 bits per heavy atom. The molecule has 0 N–H and O–H groups in total. The van der Waals surface area contributed by atoms with Gasteiger partial charge in [-0.15, -0.1) is 0 Å². The van der Waals surface area contributed by atoms with Crippen LogP contribution in [0.5, 0.6) is 0 Å². The van der Waals surface area contributed by atoms with Gasteiger partial charge in [0.05, 0.1) is 5.69 Å². The maximum Gasteiger partial charge on any atom is 0.435 e. The molecule has 1 aliphatic rings. The highest BCUT2D eigenvalue weighted by atomic mass is 19.4. The first-order chi connectivity index (χ1) is 13.9. The summed E-state index contributed by atoms with van der Waals surface area (Å²) in [7, 11) is 0. The lowest BCUT2D eigenvalue weighted by Gasteiger charge is -2.35. The van der Waals surface area contributed by atoms with E-state index >= 15 is 0 Å². The Morgan fingerprint density at radius 3 is 2.24 bits per heavy atom. The van der Waals surface area contributed by atoms with E-state index in [1.54, 1.807) is 35.4 Å². The summed E-state index contributed by atoms with van der Waals surface area (Å²) in [5.74, 6) is 0.787. The predicted octanol–water partition coefficient (Wildman–Crippen LogP) is 3.25. The topological polar surface area (TPSA) is 54.3 Å². The molecule has 9 heteroatoms. The molecule has 1 aromatic carbocycles. The molecule has 6 nitrogen and oxygen atoms in total. The van der Waals surface area contributed by atoms with Crippen molar-refractivity contribution in [2.24, 2.45) is 0 Å². The van der Waals surface area contributed by atoms with Crippen LogP contribution in [0.4, 0.5) is 19.0 Å². The molecule has 3 heterocycles. The van der Waals surface area contributed by atoms with E-state index in [-0.39, 0.29) is 5.91 Å². The van der Waals surface area contributed by atoms with Crippen LogP contribution in [-0.4, -0.2) is 51.8 Å². The van der Waals surface area contributed by atoms with Crippen molar-refractivity contribution < 1.29 is 18.0 Å². The van der Waals surface area contributed by atoms with Crippen LogP contribution >= 0.6 is 0 Å². The van der Waals surface area contributed by atoms with Gasteiger partial charge in [0.2, 0.25) is 0 Å². The molecule has 1 aliphatic heterocycles. The third-order valence-corrected chi connectivity index (χ3v) is 4.80. The second kappa shape index (κ2) is 7.57. The van der Waals surface area contributed by atoms with E-state index < -0.39 is 11.9 Å². The van der Waals surface area contributed by atoms with Crippen molar-refractivity contribution in [2.45, 2.75) is 6.18 Å². The van der Waals surface area contributed by atoms with Gasteiger partial charge < -0.3 is 9.80 Å². The van der Waals surface area contributed by atoms with E-state index in [9.17, 15) is 18.0 Å². The van der Waals surface area contributed by atoms with Gasteiger partial charge in [0.25, 0.3) is 5.91 Å². The van der Waals surface area contributed by atoms with Crippen LogP contribution in [0.1, 0.15) is 16.1 Å². The highest BCUT2D eigenvalue weighted by molar-refractivity contribution is 5.94. The molecule has 0 bridgehead atoms. The summed E-state index contributed by atoms with van der Waals surface area (Å²) in [4.78, 5) is 21.0. The quantitative estimate of drug-likeness (QED) is 0.676. The van der Waals surface area contributed by atoms with Crippen LogP contribution in [0.15, 0.2) is 60.9 Å². The monoisotopic (exact) mass is 401 g/mol. The number of carbonyl (C=O) groups is 1. The lowest BCUT2D eigenvalue weighted by atomic mass is 10.1. The first kappa shape index (κ1) is 19.0. The molecule has 4 rings (SSSR count). The minimum absolute atomic E-state index is 0.103. The first-order valence-electron chi connectivity index (χ1n) is 9.10. The second-order valence-electron chi connectivity index (χ2n) is 6.66. The number of aromatic nitrogens is 3. The number of hydrogen-bond donors (Lipinski definition) is 0. The average molecular weight is 401 g/mol. The van der Waals surface area contributed by atoms with Gasteiger partial charge in [0.1, 0.15) is 5.82 Å². The van der Waals surface area contributed by atoms with Crippen LogP contribution in [0.3, 0.4) is 0 Å². The minimum Gasteiger partial charge on any atom is -0.353 e. The van der Waals surface area contributed by atoms with Gasteiger partial charge in [-0.3, -0.25) is 4.79 Å². The highest BCUT2D eigenvalue weighted by Crippen LogP contribution is 2.28. The molecular weight excluding hydrogens is 383 g/mol. The smallest absolute Gasteiger partial charge is 0.353 e. The van der Waals surface area contributed by atoms with E-state index in [1.807, 2.05) is 18.2 Å². The number of halogens is 3. The molecule has 1 amide bonds. The second-order valence-corrected chi connectivity index (χ2v) is 6.66. The fourth-order valence-corrected chi connectivity index (χ4v) is 3.24. The number of pyridine rings is 1. The van der Waals surface area contributed by atoms with E-state index in [2.05, 4.69) is 15.0 Å². The maximum atomic E-state index is 12.7. The fourth-order valence-electron chi connectivity index (χ4n) is 3.24. The number of alkyl halides is 3. The Kier molecular flexibility index (Phi) is 4.96. The highest BCUT2D eigenvalue weighted by Gasteiger charge is 2.33. The average Bonchev–Trinajstić information content (AvgIpc) is 3.25. The summed E-state index contributed by atoms with van der Waals surface area (Å²) in [5, 5.41) is 3.54. The first-order valence-corrected chi connectivity index (χ1v) is 9.10. The summed E-state index contributed by atoms with van der Waals surface area (Å²) in [6.07, 6.45) is -1.50. The lowest BCUT2D eigenvalue weighted by Crippen LogP contribution is -2.49. The summed E-state index contributed by atoms with van der Waals surface area (Å²) in [5.41, 5.74) is -0.0105. The van der Waals surface area contributed by atoms with Crippen LogP contribution in [0, 0.1) is 0 Å². The SMILES string of the molecule is O=C(c1ccc(-n2ccc(C(F)(F)F)n2)cc1)N1CCN(c2ccccn2)CC1. The molecular formula is C20H18F3N5O. The number of hydrogen-bond acceptors (Lipinski definition) is 4. The fraction of sp³-hybridized carbons (Fsp3) is 0.250. The largest absolute Gasteiger partial charge is 0.435 e. The number of amides is 1. The Labute approximate surface area is 165 Å². The third kappa shape index (κ3) is 4.08. The van der Waals surface area contributed by atoms with Gasteiger partial charge in [-0.25, -0.2) is 9.67 Å². The van der Waals surface area contributed by atoms with Crippen molar-refractivity contribution in [1.82, 2.24) is 19.7 Å². The van der Waals surface area contributed by atoms with Crippen LogP contribution in [0.2, 0.25) is 0 Å². The van der Waals surface area contributed by atoms with Crippen LogP contribution < -0.4 is 4.90 Å². The van der Waals surface area contributed by atoms with Crippen LogP contribution in [0.25, 0.3) is 5.69 Å². The van der Waals surface area contributed by atoms with Gasteiger partial charge in [0.15, 0.2) is 5.69 Å². The van der Waals surface area contributed by atoms with Crippen LogP contribution in [-0.2, 0) is 6.18 Å². The van der Waals surface area contributed by atoms with Gasteiger partial charge in [-0.1, -0.05) is 6.07 Å². The lowest BCUT2D eigenvalue weighted by molar-refractivity contribution is -0.141. The van der Waals surface area contributed by atoms with E-state index in [0.29, 0.717) is 37.4 Å². The van der Waals surface area contributed by atoms with Gasteiger partial charge >= 0.3 is 6.18 Å². The van der Waals surface area contributed by atoms with Crippen molar-refractivity contribution in [2.75, 3.05) is 31.1 Å². The van der Waals surface area contributed by atoms with Crippen molar-refractivity contribution in [3.63, 3.8) is 0 Å². The number of anilines is 1. The van der Waals surface area contributed by atoms with Gasteiger partial charge in [0, 0.05) is 44.1 Å². The third-order valence-electron chi connectivity index (χ3n) is 4.80.